The summed E-state index contributed by atoms with van der Waals surface area (Å²) in [5, 5.41) is 24.4. The van der Waals surface area contributed by atoms with Crippen LogP contribution in [0.5, 0.6) is 0 Å². The van der Waals surface area contributed by atoms with Crippen molar-refractivity contribution in [2.45, 2.75) is 94.2 Å². The molecule has 0 spiro atoms. The number of carbonyl (C=O) groups excluding carboxylic acids is 5. The molecule has 3 saturated heterocycles. The standard InChI is InChI=1S/C40H58N8O7/c1-27-20-34(44-38(53)33(22-29-12-6-3-7-13-29)43-37(52)32(42)21-28-10-4-2-5-11-28)39(54)47(27)35(14-8-9-15-41)40(55)48-30-23-31(48)25-45(24-30)26-36(51)46(16-18-49)17-19-50/h2-7,10-13,27,30-35,49-50H,8-9,14-26,41-42H2,1H3,(H,43,52)(H,44,53). The number of amides is 5. The van der Waals surface area contributed by atoms with Crippen molar-refractivity contribution >= 4 is 29.5 Å². The molecule has 0 aromatic heterocycles. The minimum absolute atomic E-state index is 0.112. The van der Waals surface area contributed by atoms with Gasteiger partial charge in [-0.05, 0) is 63.1 Å². The first-order valence-corrected chi connectivity index (χ1v) is 19.5. The lowest BCUT2D eigenvalue weighted by atomic mass is 9.85. The maximum Gasteiger partial charge on any atom is 0.246 e. The number of unbranched alkanes of at least 4 members (excludes halogenated alkanes) is 1. The van der Waals surface area contributed by atoms with Crippen LogP contribution in [0.2, 0.25) is 0 Å². The summed E-state index contributed by atoms with van der Waals surface area (Å²) < 4.78 is 0. The third kappa shape index (κ3) is 10.7. The number of hydrogen-bond donors (Lipinski definition) is 6. The number of benzene rings is 2. The van der Waals surface area contributed by atoms with Gasteiger partial charge in [0, 0.05) is 50.7 Å². The van der Waals surface area contributed by atoms with Crippen molar-refractivity contribution in [1.29, 1.82) is 0 Å². The van der Waals surface area contributed by atoms with Crippen molar-refractivity contribution in [3.05, 3.63) is 71.8 Å². The summed E-state index contributed by atoms with van der Waals surface area (Å²) >= 11 is 0. The molecule has 55 heavy (non-hydrogen) atoms. The lowest BCUT2D eigenvalue weighted by Gasteiger charge is -2.57. The van der Waals surface area contributed by atoms with Gasteiger partial charge in [-0.3, -0.25) is 28.9 Å². The van der Waals surface area contributed by atoms with Gasteiger partial charge in [-0.2, -0.15) is 0 Å². The van der Waals surface area contributed by atoms with Gasteiger partial charge in [0.1, 0.15) is 18.1 Å². The van der Waals surface area contributed by atoms with E-state index in [1.54, 1.807) is 4.90 Å². The van der Waals surface area contributed by atoms with Crippen molar-refractivity contribution in [2.24, 2.45) is 11.5 Å². The highest BCUT2D eigenvalue weighted by Gasteiger charge is 2.52. The number of hydrogen-bond acceptors (Lipinski definition) is 10. The van der Waals surface area contributed by atoms with E-state index in [2.05, 4.69) is 10.6 Å². The van der Waals surface area contributed by atoms with E-state index in [0.717, 1.165) is 17.5 Å². The second kappa shape index (κ2) is 20.0. The molecule has 3 aliphatic heterocycles. The average molecular weight is 763 g/mol. The number of carbonyl (C=O) groups is 5. The number of nitrogens with two attached hydrogens (primary N) is 2. The largest absolute Gasteiger partial charge is 0.395 e. The van der Waals surface area contributed by atoms with E-state index in [4.69, 9.17) is 11.5 Å². The van der Waals surface area contributed by atoms with Gasteiger partial charge in [0.05, 0.1) is 25.8 Å². The Labute approximate surface area is 323 Å². The Kier molecular flexibility index (Phi) is 15.1. The molecule has 7 atom stereocenters. The molecule has 7 unspecified atom stereocenters. The van der Waals surface area contributed by atoms with E-state index in [9.17, 15) is 34.2 Å². The SMILES string of the molecule is CC1CC(NC(=O)C(Cc2ccccc2)NC(=O)C(N)Cc2ccccc2)C(=O)N1C(CCCCN)C(=O)N1C2CC1CN(CC(=O)N(CCO)CCO)C2. The van der Waals surface area contributed by atoms with Gasteiger partial charge in [-0.25, -0.2) is 0 Å². The van der Waals surface area contributed by atoms with E-state index >= 15 is 0 Å². The van der Waals surface area contributed by atoms with Gasteiger partial charge in [-0.15, -0.1) is 0 Å². The van der Waals surface area contributed by atoms with Crippen LogP contribution in [0.4, 0.5) is 0 Å². The van der Waals surface area contributed by atoms with Gasteiger partial charge in [0.2, 0.25) is 29.5 Å². The van der Waals surface area contributed by atoms with Crippen molar-refractivity contribution in [3.8, 4) is 0 Å². The lowest BCUT2D eigenvalue weighted by Crippen LogP contribution is -2.73. The Morgan fingerprint density at radius 2 is 1.47 bits per heavy atom. The van der Waals surface area contributed by atoms with Crippen LogP contribution in [-0.4, -0.2) is 154 Å². The first-order valence-electron chi connectivity index (χ1n) is 19.5. The zero-order valence-electron chi connectivity index (χ0n) is 31.8. The highest BCUT2D eigenvalue weighted by Crippen LogP contribution is 2.35. The van der Waals surface area contributed by atoms with E-state index in [1.165, 1.54) is 4.90 Å². The fraction of sp³-hybridized carbons (Fsp3) is 0.575. The minimum Gasteiger partial charge on any atom is -0.395 e. The summed E-state index contributed by atoms with van der Waals surface area (Å²) in [5.41, 5.74) is 13.8. The molecule has 5 rings (SSSR count). The van der Waals surface area contributed by atoms with E-state index in [1.807, 2.05) is 77.4 Å². The minimum atomic E-state index is -0.995. The molecule has 300 valence electrons. The van der Waals surface area contributed by atoms with Crippen LogP contribution in [0.15, 0.2) is 60.7 Å². The predicted octanol–water partition coefficient (Wildman–Crippen LogP) is -1.01. The van der Waals surface area contributed by atoms with Gasteiger partial charge in [0.25, 0.3) is 0 Å². The Bertz CT molecular complexity index is 1580. The molecule has 3 heterocycles. The molecule has 2 aromatic carbocycles. The molecule has 0 radical (unpaired) electrons. The molecule has 8 N–H and O–H groups in total. The highest BCUT2D eigenvalue weighted by molar-refractivity contribution is 5.96. The second-order valence-corrected chi connectivity index (χ2v) is 15.0. The molecule has 5 amide bonds. The fourth-order valence-electron chi connectivity index (χ4n) is 8.22. The van der Waals surface area contributed by atoms with Crippen molar-refractivity contribution in [1.82, 2.24) is 30.2 Å². The summed E-state index contributed by atoms with van der Waals surface area (Å²) in [6, 6.07) is 14.6. The second-order valence-electron chi connectivity index (χ2n) is 15.0. The normalized spacial score (nSPS) is 22.4. The number of nitrogens with zero attached hydrogens (tertiary/aromatic N) is 4. The molecule has 15 nitrogen and oxygen atoms in total. The van der Waals surface area contributed by atoms with E-state index < -0.39 is 36.0 Å². The number of rotatable bonds is 20. The molecule has 2 bridgehead atoms. The maximum absolute atomic E-state index is 14.4. The summed E-state index contributed by atoms with van der Waals surface area (Å²) in [6.45, 7) is 3.36. The first kappa shape index (κ1) is 41.7. The van der Waals surface area contributed by atoms with Crippen molar-refractivity contribution in [2.75, 3.05) is 52.5 Å². The van der Waals surface area contributed by atoms with Crippen LogP contribution in [0, 0.1) is 0 Å². The number of aliphatic hydroxyl groups excluding tert-OH is 2. The molecule has 3 fully saturated rings. The molecule has 3 aliphatic rings. The van der Waals surface area contributed by atoms with Crippen molar-refractivity contribution < 1.29 is 34.2 Å². The Hall–Kier alpha value is -4.41. The number of piperidine rings is 1. The topological polar surface area (TPSA) is 215 Å². The summed E-state index contributed by atoms with van der Waals surface area (Å²) in [7, 11) is 0. The zero-order valence-corrected chi connectivity index (χ0v) is 31.8. The maximum atomic E-state index is 14.4. The van der Waals surface area contributed by atoms with Crippen LogP contribution in [-0.2, 0) is 36.8 Å². The van der Waals surface area contributed by atoms with Crippen LogP contribution < -0.4 is 22.1 Å². The molecule has 0 aliphatic carbocycles. The van der Waals surface area contributed by atoms with Gasteiger partial charge in [-0.1, -0.05) is 60.7 Å². The molecule has 2 aromatic rings. The number of nitrogens with one attached hydrogen (secondary N) is 2. The number of likely N-dealkylation sites (tertiary alicyclic amines) is 3. The number of fused-ring (bicyclic) bond motifs is 2. The number of aliphatic hydroxyl groups is 2. The Morgan fingerprint density at radius 3 is 2.05 bits per heavy atom. The summed E-state index contributed by atoms with van der Waals surface area (Å²) in [6.07, 6.45) is 3.34. The molecule has 15 heteroatoms. The average Bonchev–Trinajstić information content (AvgIpc) is 3.44. The molecule has 0 saturated carbocycles. The van der Waals surface area contributed by atoms with E-state index in [0.29, 0.717) is 51.7 Å². The monoisotopic (exact) mass is 762 g/mol. The van der Waals surface area contributed by atoms with Crippen LogP contribution >= 0.6 is 0 Å². The Balaban J connectivity index is 1.25. The predicted molar refractivity (Wildman–Crippen MR) is 206 cm³/mol. The van der Waals surface area contributed by atoms with Crippen LogP contribution in [0.25, 0.3) is 0 Å². The lowest BCUT2D eigenvalue weighted by molar-refractivity contribution is -0.164. The summed E-state index contributed by atoms with van der Waals surface area (Å²) in [4.78, 5) is 75.6. The third-order valence-corrected chi connectivity index (χ3v) is 11.0. The smallest absolute Gasteiger partial charge is 0.246 e. The zero-order chi connectivity index (χ0) is 39.5. The van der Waals surface area contributed by atoms with Gasteiger partial charge >= 0.3 is 0 Å². The van der Waals surface area contributed by atoms with Crippen molar-refractivity contribution in [3.63, 3.8) is 0 Å². The highest BCUT2D eigenvalue weighted by atomic mass is 16.3. The quantitative estimate of drug-likeness (QED) is 0.0904. The van der Waals surface area contributed by atoms with Crippen LogP contribution in [0.1, 0.15) is 50.2 Å². The third-order valence-electron chi connectivity index (χ3n) is 11.0. The fourth-order valence-corrected chi connectivity index (χ4v) is 8.22. The number of piperazine rings is 1. The van der Waals surface area contributed by atoms with E-state index in [-0.39, 0.29) is 75.1 Å². The summed E-state index contributed by atoms with van der Waals surface area (Å²) in [5.74, 6) is -1.66. The van der Waals surface area contributed by atoms with Gasteiger partial charge in [0.15, 0.2) is 0 Å². The van der Waals surface area contributed by atoms with Gasteiger partial charge < -0.3 is 47.0 Å². The Morgan fingerprint density at radius 1 is 0.873 bits per heavy atom. The molecular formula is C40H58N8O7. The van der Waals surface area contributed by atoms with Crippen LogP contribution in [0.3, 0.4) is 0 Å². The molecular weight excluding hydrogens is 704 g/mol. The first-order chi connectivity index (χ1) is 26.5.